The summed E-state index contributed by atoms with van der Waals surface area (Å²) in [7, 11) is 0. The zero-order valence-corrected chi connectivity index (χ0v) is 11.9. The lowest BCUT2D eigenvalue weighted by Gasteiger charge is -2.08. The first-order chi connectivity index (χ1) is 8.16. The van der Waals surface area contributed by atoms with E-state index in [0.717, 1.165) is 14.9 Å². The van der Waals surface area contributed by atoms with Crippen LogP contribution in [0.15, 0.2) is 42.5 Å². The topological polar surface area (TPSA) is 35.2 Å². The molecule has 2 rings (SSSR count). The molecule has 0 bridgehead atoms. The van der Waals surface area contributed by atoms with E-state index in [9.17, 15) is 0 Å². The van der Waals surface area contributed by atoms with Crippen LogP contribution in [0.5, 0.6) is 5.75 Å². The minimum absolute atomic E-state index is 0.487. The molecule has 2 aromatic rings. The summed E-state index contributed by atoms with van der Waals surface area (Å²) in [6.45, 7) is 0.487. The van der Waals surface area contributed by atoms with Gasteiger partial charge in [0.05, 0.1) is 14.3 Å². The van der Waals surface area contributed by atoms with Crippen molar-refractivity contribution in [1.29, 1.82) is 0 Å². The van der Waals surface area contributed by atoms with Gasteiger partial charge in [0.15, 0.2) is 0 Å². The van der Waals surface area contributed by atoms with Gasteiger partial charge in [-0.1, -0.05) is 29.8 Å². The number of hydrogen-bond acceptors (Lipinski definition) is 2. The van der Waals surface area contributed by atoms with E-state index in [1.54, 1.807) is 6.07 Å². The fraction of sp³-hybridized carbons (Fsp3) is 0.0769. The molecule has 0 aliphatic heterocycles. The maximum Gasteiger partial charge on any atom is 0.133 e. The van der Waals surface area contributed by atoms with Crippen LogP contribution < -0.4 is 10.5 Å². The van der Waals surface area contributed by atoms with Gasteiger partial charge in [-0.2, -0.15) is 0 Å². The van der Waals surface area contributed by atoms with Gasteiger partial charge in [-0.05, 0) is 52.4 Å². The second-order valence-corrected chi connectivity index (χ2v) is 5.14. The summed E-state index contributed by atoms with van der Waals surface area (Å²) in [5.41, 5.74) is 7.32. The summed E-state index contributed by atoms with van der Waals surface area (Å²) < 4.78 is 6.80. The molecule has 0 spiro atoms. The molecule has 4 heteroatoms. The lowest BCUT2D eigenvalue weighted by atomic mass is 10.2. The zero-order chi connectivity index (χ0) is 12.3. The van der Waals surface area contributed by atoms with Crippen molar-refractivity contribution >= 4 is 39.9 Å². The van der Waals surface area contributed by atoms with Gasteiger partial charge in [0.2, 0.25) is 0 Å². The molecule has 88 valence electrons. The Bertz CT molecular complexity index is 531. The number of ether oxygens (including phenoxy) is 1. The Kier molecular flexibility index (Phi) is 4.12. The Morgan fingerprint density at radius 1 is 1.18 bits per heavy atom. The first-order valence-electron chi connectivity index (χ1n) is 5.08. The molecule has 0 fully saturated rings. The minimum Gasteiger partial charge on any atom is -0.488 e. The summed E-state index contributed by atoms with van der Waals surface area (Å²) in [5.74, 6) is 0.877. The van der Waals surface area contributed by atoms with Gasteiger partial charge in [0, 0.05) is 0 Å². The van der Waals surface area contributed by atoms with Crippen LogP contribution in [0.25, 0.3) is 0 Å². The number of anilines is 1. The molecule has 0 aromatic heterocycles. The van der Waals surface area contributed by atoms with E-state index in [0.29, 0.717) is 17.3 Å². The quantitative estimate of drug-likeness (QED) is 0.661. The second-order valence-electron chi connectivity index (χ2n) is 3.57. The lowest BCUT2D eigenvalue weighted by molar-refractivity contribution is 0.304. The van der Waals surface area contributed by atoms with Crippen molar-refractivity contribution in [3.8, 4) is 5.75 Å². The summed E-state index contributed by atoms with van der Waals surface area (Å²) in [4.78, 5) is 0. The molecule has 0 radical (unpaired) electrons. The third-order valence-corrected chi connectivity index (χ3v) is 3.53. The van der Waals surface area contributed by atoms with E-state index < -0.39 is 0 Å². The lowest BCUT2D eigenvalue weighted by Crippen LogP contribution is -1.98. The highest BCUT2D eigenvalue weighted by Crippen LogP contribution is 2.23. The average molecular weight is 360 g/mol. The number of nitrogen functional groups attached to an aromatic ring is 1. The van der Waals surface area contributed by atoms with Gasteiger partial charge in [0.25, 0.3) is 0 Å². The number of benzene rings is 2. The third kappa shape index (κ3) is 3.26. The fourth-order valence-electron chi connectivity index (χ4n) is 1.41. The molecular weight excluding hydrogens is 349 g/mol. The number of para-hydroxylation sites is 1. The van der Waals surface area contributed by atoms with Crippen LogP contribution in [0, 0.1) is 3.57 Å². The number of nitrogens with two attached hydrogens (primary N) is 1. The summed E-state index contributed by atoms with van der Waals surface area (Å²) in [6.07, 6.45) is 0. The van der Waals surface area contributed by atoms with Crippen LogP contribution in [0.3, 0.4) is 0 Å². The van der Waals surface area contributed by atoms with Crippen molar-refractivity contribution < 1.29 is 4.74 Å². The van der Waals surface area contributed by atoms with Crippen LogP contribution in [0.4, 0.5) is 5.69 Å². The minimum atomic E-state index is 0.487. The number of halogens is 2. The highest BCUT2D eigenvalue weighted by molar-refractivity contribution is 14.1. The highest BCUT2D eigenvalue weighted by Gasteiger charge is 2.02. The summed E-state index contributed by atoms with van der Waals surface area (Å²) in [6, 6.07) is 13.4. The van der Waals surface area contributed by atoms with E-state index in [1.807, 2.05) is 36.4 Å². The Balaban J connectivity index is 2.08. The van der Waals surface area contributed by atoms with E-state index >= 15 is 0 Å². The van der Waals surface area contributed by atoms with Crippen molar-refractivity contribution in [1.82, 2.24) is 0 Å². The van der Waals surface area contributed by atoms with Crippen LogP contribution >= 0.6 is 34.2 Å². The van der Waals surface area contributed by atoms with Crippen LogP contribution in [-0.2, 0) is 6.61 Å². The predicted molar refractivity (Wildman–Crippen MR) is 79.4 cm³/mol. The fourth-order valence-corrected chi connectivity index (χ4v) is 2.07. The number of rotatable bonds is 3. The van der Waals surface area contributed by atoms with E-state index in [4.69, 9.17) is 22.1 Å². The zero-order valence-electron chi connectivity index (χ0n) is 8.99. The Morgan fingerprint density at radius 2 is 1.94 bits per heavy atom. The first-order valence-corrected chi connectivity index (χ1v) is 6.54. The molecule has 0 heterocycles. The van der Waals surface area contributed by atoms with Gasteiger partial charge >= 0.3 is 0 Å². The predicted octanol–water partition coefficient (Wildman–Crippen LogP) is 4.11. The van der Waals surface area contributed by atoms with Gasteiger partial charge in [-0.3, -0.25) is 0 Å². The molecule has 2 aromatic carbocycles. The molecule has 0 saturated carbocycles. The Morgan fingerprint density at radius 3 is 2.65 bits per heavy atom. The molecule has 0 aliphatic carbocycles. The molecule has 2 nitrogen and oxygen atoms in total. The molecule has 0 aliphatic rings. The molecule has 0 amide bonds. The van der Waals surface area contributed by atoms with E-state index in [1.165, 1.54) is 0 Å². The normalized spacial score (nSPS) is 10.2. The highest BCUT2D eigenvalue weighted by atomic mass is 127. The first kappa shape index (κ1) is 12.5. The van der Waals surface area contributed by atoms with E-state index in [-0.39, 0.29) is 0 Å². The molecule has 0 atom stereocenters. The maximum atomic E-state index is 5.86. The van der Waals surface area contributed by atoms with Crippen LogP contribution in [0.1, 0.15) is 5.56 Å². The molecule has 2 N–H and O–H groups in total. The number of hydrogen-bond donors (Lipinski definition) is 1. The smallest absolute Gasteiger partial charge is 0.133 e. The van der Waals surface area contributed by atoms with Gasteiger partial charge < -0.3 is 10.5 Å². The standard InChI is InChI=1S/C13H11ClINO/c14-10-6-5-9(7-12(10)16)8-17-13-4-2-1-3-11(13)15/h1-7H,8,16H2. The summed E-state index contributed by atoms with van der Waals surface area (Å²) in [5, 5.41) is 0.572. The van der Waals surface area contributed by atoms with Gasteiger partial charge in [-0.25, -0.2) is 0 Å². The SMILES string of the molecule is Nc1cc(COc2ccccc2I)ccc1Cl. The third-order valence-electron chi connectivity index (χ3n) is 2.29. The molecule has 0 unspecified atom stereocenters. The monoisotopic (exact) mass is 359 g/mol. The molecular formula is C13H11ClINO. The van der Waals surface area contributed by atoms with Crippen molar-refractivity contribution in [3.05, 3.63) is 56.6 Å². The molecule has 17 heavy (non-hydrogen) atoms. The van der Waals surface area contributed by atoms with Gasteiger partial charge in [0.1, 0.15) is 12.4 Å². The largest absolute Gasteiger partial charge is 0.488 e. The van der Waals surface area contributed by atoms with Crippen LogP contribution in [-0.4, -0.2) is 0 Å². The maximum absolute atomic E-state index is 5.86. The Labute approximate surface area is 119 Å². The van der Waals surface area contributed by atoms with Gasteiger partial charge in [-0.15, -0.1) is 0 Å². The summed E-state index contributed by atoms with van der Waals surface area (Å²) >= 11 is 8.10. The Hall–Kier alpha value is -0.940. The van der Waals surface area contributed by atoms with Crippen molar-refractivity contribution in [3.63, 3.8) is 0 Å². The van der Waals surface area contributed by atoms with E-state index in [2.05, 4.69) is 22.6 Å². The average Bonchev–Trinajstić information content (AvgIpc) is 2.32. The second kappa shape index (κ2) is 5.60. The van der Waals surface area contributed by atoms with Crippen molar-refractivity contribution in [2.75, 3.05) is 5.73 Å². The van der Waals surface area contributed by atoms with Crippen molar-refractivity contribution in [2.45, 2.75) is 6.61 Å². The molecule has 0 saturated heterocycles. The van der Waals surface area contributed by atoms with Crippen molar-refractivity contribution in [2.24, 2.45) is 0 Å². The van der Waals surface area contributed by atoms with Crippen LogP contribution in [0.2, 0.25) is 5.02 Å².